The van der Waals surface area contributed by atoms with Crippen molar-refractivity contribution in [2.45, 2.75) is 6.54 Å². The van der Waals surface area contributed by atoms with Crippen molar-refractivity contribution in [2.24, 2.45) is 7.05 Å². The van der Waals surface area contributed by atoms with Gasteiger partial charge < -0.3 is 4.90 Å². The summed E-state index contributed by atoms with van der Waals surface area (Å²) in [5.74, 6) is -0.186. The van der Waals surface area contributed by atoms with Gasteiger partial charge in [-0.25, -0.2) is 4.79 Å². The molecule has 1 amide bonds. The Balaban J connectivity index is 2.03. The maximum atomic E-state index is 12.0. The normalized spacial score (nSPS) is 10.9. The summed E-state index contributed by atoms with van der Waals surface area (Å²) in [7, 11) is 3.28. The summed E-state index contributed by atoms with van der Waals surface area (Å²) < 4.78 is 6.08. The lowest BCUT2D eigenvalue weighted by Gasteiger charge is -2.10. The number of hydrogen-bond donors (Lipinski definition) is 1. The monoisotopic (exact) mass is 274 g/mol. The summed E-state index contributed by atoms with van der Waals surface area (Å²) in [6.07, 6.45) is 3.21. The van der Waals surface area contributed by atoms with E-state index in [-0.39, 0.29) is 12.5 Å². The molecule has 0 unspecified atom stereocenters. The van der Waals surface area contributed by atoms with E-state index in [2.05, 4.69) is 9.79 Å². The predicted molar refractivity (Wildman–Crippen MR) is 72.5 cm³/mol. The molecule has 2 rings (SSSR count). The van der Waals surface area contributed by atoms with Crippen LogP contribution in [-0.2, 0) is 18.4 Å². The van der Waals surface area contributed by atoms with Crippen LogP contribution in [0.5, 0.6) is 0 Å². The Kier molecular flexibility index (Phi) is 4.14. The number of amides is 1. The minimum absolute atomic E-state index is 0.181. The second kappa shape index (κ2) is 6.01. The SMILES string of the molecule is CN(Cc1c(=O)o[nH][n+]1C)C(=O)/C=C/c1ccccc1. The molecule has 20 heavy (non-hydrogen) atoms. The van der Waals surface area contributed by atoms with Crippen molar-refractivity contribution in [1.29, 1.82) is 0 Å². The fourth-order valence-corrected chi connectivity index (χ4v) is 1.69. The van der Waals surface area contributed by atoms with Crippen LogP contribution in [0.2, 0.25) is 0 Å². The largest absolute Gasteiger partial charge is 0.431 e. The second-order valence-corrected chi connectivity index (χ2v) is 4.42. The van der Waals surface area contributed by atoms with Gasteiger partial charge in [0.2, 0.25) is 5.91 Å². The fourth-order valence-electron chi connectivity index (χ4n) is 1.69. The number of H-pyrrole nitrogens is 1. The van der Waals surface area contributed by atoms with Gasteiger partial charge in [-0.1, -0.05) is 35.0 Å². The molecule has 6 nitrogen and oxygen atoms in total. The van der Waals surface area contributed by atoms with Gasteiger partial charge in [-0.05, 0) is 16.9 Å². The van der Waals surface area contributed by atoms with Crippen LogP contribution < -0.4 is 10.3 Å². The van der Waals surface area contributed by atoms with Gasteiger partial charge in [-0.15, -0.1) is 0 Å². The summed E-state index contributed by atoms with van der Waals surface area (Å²) in [6, 6.07) is 9.53. The minimum Gasteiger partial charge on any atom is -0.331 e. The third-order valence-electron chi connectivity index (χ3n) is 2.90. The Morgan fingerprint density at radius 2 is 2.10 bits per heavy atom. The number of likely N-dealkylation sites (N-methyl/N-ethyl adjacent to an activating group) is 1. The molecule has 1 aromatic carbocycles. The number of hydrogen-bond acceptors (Lipinski definition) is 3. The average Bonchev–Trinajstić information content (AvgIpc) is 2.77. The smallest absolute Gasteiger partial charge is 0.331 e. The Bertz CT molecular complexity index is 670. The Hall–Kier alpha value is -2.63. The molecule has 104 valence electrons. The minimum atomic E-state index is -0.473. The highest BCUT2D eigenvalue weighted by molar-refractivity contribution is 5.91. The molecule has 0 fully saturated rings. The number of nitrogens with one attached hydrogen (secondary N) is 1. The standard InChI is InChI=1S/C14H15N3O3/c1-16(10-12-14(19)20-15-17(12)2)13(18)9-8-11-6-4-3-5-7-11/h3-9H,10H2,1-2H3/p+1/b9-8+. The molecular weight excluding hydrogens is 258 g/mol. The van der Waals surface area contributed by atoms with Crippen LogP contribution in [0.4, 0.5) is 0 Å². The number of carbonyl (C=O) groups excluding carboxylic acids is 1. The van der Waals surface area contributed by atoms with Crippen molar-refractivity contribution < 1.29 is 14.0 Å². The highest BCUT2D eigenvalue weighted by Crippen LogP contribution is 2.02. The van der Waals surface area contributed by atoms with E-state index < -0.39 is 5.63 Å². The number of aromatic amines is 1. The number of benzene rings is 1. The lowest BCUT2D eigenvalue weighted by atomic mass is 10.2. The first-order valence-corrected chi connectivity index (χ1v) is 6.12. The van der Waals surface area contributed by atoms with Gasteiger partial charge in [0.05, 0.1) is 0 Å². The van der Waals surface area contributed by atoms with Crippen molar-refractivity contribution in [3.8, 4) is 0 Å². The van der Waals surface area contributed by atoms with Crippen molar-refractivity contribution in [1.82, 2.24) is 10.2 Å². The van der Waals surface area contributed by atoms with Gasteiger partial charge in [0.25, 0.3) is 0 Å². The molecule has 1 heterocycles. The zero-order valence-corrected chi connectivity index (χ0v) is 11.4. The van der Waals surface area contributed by atoms with E-state index in [0.717, 1.165) is 5.56 Å². The van der Waals surface area contributed by atoms with Gasteiger partial charge in [-0.2, -0.15) is 0 Å². The Morgan fingerprint density at radius 3 is 2.70 bits per heavy atom. The average molecular weight is 274 g/mol. The molecule has 6 heteroatoms. The molecule has 0 bridgehead atoms. The first-order valence-electron chi connectivity index (χ1n) is 6.12. The van der Waals surface area contributed by atoms with Gasteiger partial charge in [0.1, 0.15) is 6.54 Å². The van der Waals surface area contributed by atoms with Crippen LogP contribution in [0, 0.1) is 0 Å². The van der Waals surface area contributed by atoms with Crippen molar-refractivity contribution in [2.75, 3.05) is 7.05 Å². The summed E-state index contributed by atoms with van der Waals surface area (Å²) in [5, 5.41) is 2.41. The van der Waals surface area contributed by atoms with Crippen LogP contribution in [0.25, 0.3) is 6.08 Å². The van der Waals surface area contributed by atoms with Crippen molar-refractivity contribution in [3.63, 3.8) is 0 Å². The van der Waals surface area contributed by atoms with Crippen LogP contribution in [-0.4, -0.2) is 23.1 Å². The third-order valence-corrected chi connectivity index (χ3v) is 2.90. The molecule has 0 aliphatic rings. The molecule has 2 aromatic rings. The van der Waals surface area contributed by atoms with E-state index in [1.165, 1.54) is 15.7 Å². The zero-order valence-electron chi connectivity index (χ0n) is 11.4. The fraction of sp³-hybridized carbons (Fsp3) is 0.214. The number of aromatic nitrogens is 2. The molecule has 0 radical (unpaired) electrons. The van der Waals surface area contributed by atoms with E-state index in [1.807, 2.05) is 30.3 Å². The number of nitrogens with zero attached hydrogens (tertiary/aromatic N) is 2. The van der Waals surface area contributed by atoms with Gasteiger partial charge in [0, 0.05) is 13.1 Å². The number of rotatable bonds is 4. The van der Waals surface area contributed by atoms with E-state index in [0.29, 0.717) is 5.69 Å². The lowest BCUT2D eigenvalue weighted by molar-refractivity contribution is -0.746. The van der Waals surface area contributed by atoms with E-state index in [9.17, 15) is 9.59 Å². The van der Waals surface area contributed by atoms with Crippen LogP contribution in [0.15, 0.2) is 45.7 Å². The second-order valence-electron chi connectivity index (χ2n) is 4.42. The molecule has 1 N–H and O–H groups in total. The summed E-state index contributed by atoms with van der Waals surface area (Å²) in [6.45, 7) is 0.181. The topological polar surface area (TPSA) is 70.2 Å². The molecular formula is C14H16N3O3+. The maximum absolute atomic E-state index is 12.0. The highest BCUT2D eigenvalue weighted by atomic mass is 16.5. The van der Waals surface area contributed by atoms with Gasteiger partial charge in [0.15, 0.2) is 7.05 Å². The Labute approximate surface area is 115 Å². The third kappa shape index (κ3) is 3.23. The summed E-state index contributed by atoms with van der Waals surface area (Å²) >= 11 is 0. The Morgan fingerprint density at radius 1 is 1.40 bits per heavy atom. The molecule has 0 aliphatic heterocycles. The molecule has 0 aliphatic carbocycles. The number of carbonyl (C=O) groups is 1. The maximum Gasteiger partial charge on any atom is 0.431 e. The van der Waals surface area contributed by atoms with Crippen LogP contribution in [0.1, 0.15) is 11.3 Å². The first kappa shape index (κ1) is 13.8. The predicted octanol–water partition coefficient (Wildman–Crippen LogP) is 0.464. The molecule has 0 saturated carbocycles. The molecule has 0 atom stereocenters. The molecule has 0 spiro atoms. The molecule has 1 aromatic heterocycles. The van der Waals surface area contributed by atoms with Gasteiger partial charge in [-0.3, -0.25) is 9.32 Å². The quantitative estimate of drug-likeness (QED) is 0.650. The van der Waals surface area contributed by atoms with Crippen LogP contribution in [0.3, 0.4) is 0 Å². The van der Waals surface area contributed by atoms with Crippen molar-refractivity contribution in [3.05, 3.63) is 58.1 Å². The number of aryl methyl sites for hydroxylation is 1. The summed E-state index contributed by atoms with van der Waals surface area (Å²) in [4.78, 5) is 24.8. The van der Waals surface area contributed by atoms with E-state index in [4.69, 9.17) is 0 Å². The van der Waals surface area contributed by atoms with Crippen molar-refractivity contribution >= 4 is 12.0 Å². The first-order chi connectivity index (χ1) is 9.58. The van der Waals surface area contributed by atoms with Crippen LogP contribution >= 0.6 is 0 Å². The zero-order chi connectivity index (χ0) is 14.5. The van der Waals surface area contributed by atoms with E-state index >= 15 is 0 Å². The van der Waals surface area contributed by atoms with E-state index in [1.54, 1.807) is 20.2 Å². The molecule has 0 saturated heterocycles. The lowest BCUT2D eigenvalue weighted by Crippen LogP contribution is -2.40. The highest BCUT2D eigenvalue weighted by Gasteiger charge is 2.20. The van der Waals surface area contributed by atoms with Gasteiger partial charge >= 0.3 is 11.3 Å². The summed E-state index contributed by atoms with van der Waals surface area (Å²) in [5.41, 5.74) is 0.856.